The van der Waals surface area contributed by atoms with E-state index < -0.39 is 0 Å². The van der Waals surface area contributed by atoms with Crippen molar-refractivity contribution in [3.8, 4) is 5.75 Å². The van der Waals surface area contributed by atoms with Crippen molar-refractivity contribution in [2.75, 3.05) is 35.8 Å². The summed E-state index contributed by atoms with van der Waals surface area (Å²) < 4.78 is 5.63. The van der Waals surface area contributed by atoms with Crippen LogP contribution in [0.5, 0.6) is 5.75 Å². The van der Waals surface area contributed by atoms with E-state index in [2.05, 4.69) is 5.32 Å². The summed E-state index contributed by atoms with van der Waals surface area (Å²) in [5.74, 6) is 0.505. The third-order valence-electron chi connectivity index (χ3n) is 4.13. The lowest BCUT2D eigenvalue weighted by molar-refractivity contribution is -0.117. The maximum atomic E-state index is 12.3. The van der Waals surface area contributed by atoms with Gasteiger partial charge < -0.3 is 19.9 Å². The lowest BCUT2D eigenvalue weighted by Crippen LogP contribution is -2.31. The quantitative estimate of drug-likeness (QED) is 0.750. The lowest BCUT2D eigenvalue weighted by Gasteiger charge is -2.21. The molecule has 0 atom stereocenters. The van der Waals surface area contributed by atoms with Crippen molar-refractivity contribution >= 4 is 28.9 Å². The SMILES string of the molecule is CC(=O)N(CCC(=O)Nc1ccc(N(C)C)cc1)c1ccc(OC(C)C)cc1. The number of nitrogens with one attached hydrogen (secondary N) is 1. The van der Waals surface area contributed by atoms with E-state index in [-0.39, 0.29) is 24.3 Å². The molecular formula is C22H29N3O3. The van der Waals surface area contributed by atoms with Crippen molar-refractivity contribution in [2.24, 2.45) is 0 Å². The molecule has 6 heteroatoms. The fourth-order valence-corrected chi connectivity index (χ4v) is 2.72. The van der Waals surface area contributed by atoms with Crippen LogP contribution in [-0.2, 0) is 9.59 Å². The van der Waals surface area contributed by atoms with Crippen LogP contribution in [0.2, 0.25) is 0 Å². The van der Waals surface area contributed by atoms with Gasteiger partial charge in [-0.25, -0.2) is 0 Å². The number of ether oxygens (including phenoxy) is 1. The van der Waals surface area contributed by atoms with Crippen molar-refractivity contribution in [3.63, 3.8) is 0 Å². The van der Waals surface area contributed by atoms with Crippen LogP contribution < -0.4 is 19.9 Å². The standard InChI is InChI=1S/C22H29N3O3/c1-16(2)28-21-12-10-20(11-13-21)25(17(3)26)15-14-22(27)23-18-6-8-19(9-7-18)24(4)5/h6-13,16H,14-15H2,1-5H3,(H,23,27). The molecule has 0 aliphatic carbocycles. The molecule has 0 unspecified atom stereocenters. The number of carbonyl (C=O) groups is 2. The van der Waals surface area contributed by atoms with Crippen LogP contribution in [0.4, 0.5) is 17.1 Å². The lowest BCUT2D eigenvalue weighted by atomic mass is 10.2. The van der Waals surface area contributed by atoms with Gasteiger partial charge in [0.2, 0.25) is 11.8 Å². The van der Waals surface area contributed by atoms with Gasteiger partial charge in [-0.05, 0) is 62.4 Å². The summed E-state index contributed by atoms with van der Waals surface area (Å²) in [5, 5.41) is 2.87. The van der Waals surface area contributed by atoms with Crippen LogP contribution in [0.3, 0.4) is 0 Å². The molecule has 2 amide bonds. The van der Waals surface area contributed by atoms with Gasteiger partial charge in [0, 0.05) is 51.0 Å². The Kier molecular flexibility index (Phi) is 7.44. The highest BCUT2D eigenvalue weighted by Crippen LogP contribution is 2.21. The Hall–Kier alpha value is -3.02. The molecule has 0 aliphatic heterocycles. The van der Waals surface area contributed by atoms with E-state index in [0.717, 1.165) is 22.8 Å². The largest absolute Gasteiger partial charge is 0.491 e. The second-order valence-corrected chi connectivity index (χ2v) is 7.07. The third-order valence-corrected chi connectivity index (χ3v) is 4.13. The Morgan fingerprint density at radius 3 is 2.04 bits per heavy atom. The number of anilines is 3. The fraction of sp³-hybridized carbons (Fsp3) is 0.364. The van der Waals surface area contributed by atoms with E-state index >= 15 is 0 Å². The molecule has 2 aromatic rings. The Bertz CT molecular complexity index is 784. The normalized spacial score (nSPS) is 10.5. The average molecular weight is 383 g/mol. The fourth-order valence-electron chi connectivity index (χ4n) is 2.72. The van der Waals surface area contributed by atoms with Gasteiger partial charge in [-0.1, -0.05) is 0 Å². The molecule has 0 aromatic heterocycles. The summed E-state index contributed by atoms with van der Waals surface area (Å²) in [6.45, 7) is 5.72. The first-order valence-corrected chi connectivity index (χ1v) is 9.38. The Labute approximate surface area is 167 Å². The Morgan fingerprint density at radius 2 is 1.54 bits per heavy atom. The van der Waals surface area contributed by atoms with Crippen molar-refractivity contribution < 1.29 is 14.3 Å². The summed E-state index contributed by atoms with van der Waals surface area (Å²) in [6.07, 6.45) is 0.296. The number of hydrogen-bond donors (Lipinski definition) is 1. The summed E-state index contributed by atoms with van der Waals surface area (Å²) >= 11 is 0. The van der Waals surface area contributed by atoms with Crippen molar-refractivity contribution in [2.45, 2.75) is 33.3 Å². The van der Waals surface area contributed by atoms with Gasteiger partial charge in [0.25, 0.3) is 0 Å². The molecule has 150 valence electrons. The number of hydrogen-bond acceptors (Lipinski definition) is 4. The molecule has 0 aliphatic rings. The first-order valence-electron chi connectivity index (χ1n) is 9.38. The van der Waals surface area contributed by atoms with E-state index in [9.17, 15) is 9.59 Å². The zero-order chi connectivity index (χ0) is 20.7. The molecule has 28 heavy (non-hydrogen) atoms. The van der Waals surface area contributed by atoms with E-state index in [1.165, 1.54) is 6.92 Å². The number of carbonyl (C=O) groups excluding carboxylic acids is 2. The average Bonchev–Trinajstić information content (AvgIpc) is 2.63. The molecule has 0 heterocycles. The van der Waals surface area contributed by atoms with E-state index in [4.69, 9.17) is 4.74 Å². The van der Waals surface area contributed by atoms with Crippen LogP contribution in [0, 0.1) is 0 Å². The molecule has 0 radical (unpaired) electrons. The topological polar surface area (TPSA) is 61.9 Å². The predicted octanol–water partition coefficient (Wildman–Crippen LogP) is 3.92. The molecule has 0 spiro atoms. The molecule has 0 saturated heterocycles. The third kappa shape index (κ3) is 6.30. The maximum absolute atomic E-state index is 12.3. The monoisotopic (exact) mass is 383 g/mol. The molecule has 0 bridgehead atoms. The minimum absolute atomic E-state index is 0.0882. The second-order valence-electron chi connectivity index (χ2n) is 7.07. The minimum Gasteiger partial charge on any atom is -0.491 e. The van der Waals surface area contributed by atoms with Crippen molar-refractivity contribution in [1.29, 1.82) is 0 Å². The molecule has 2 rings (SSSR count). The molecule has 0 saturated carbocycles. The number of benzene rings is 2. The van der Waals surface area contributed by atoms with Crippen LogP contribution in [0.15, 0.2) is 48.5 Å². The smallest absolute Gasteiger partial charge is 0.226 e. The minimum atomic E-state index is -0.136. The zero-order valence-corrected chi connectivity index (χ0v) is 17.2. The van der Waals surface area contributed by atoms with E-state index in [1.54, 1.807) is 4.90 Å². The highest BCUT2D eigenvalue weighted by Gasteiger charge is 2.14. The summed E-state index contributed by atoms with van der Waals surface area (Å²) in [5.41, 5.74) is 2.54. The molecule has 0 fully saturated rings. The first-order chi connectivity index (χ1) is 13.3. The van der Waals surface area contributed by atoms with Gasteiger partial charge >= 0.3 is 0 Å². The van der Waals surface area contributed by atoms with Gasteiger partial charge in [0.15, 0.2) is 0 Å². The molecule has 2 aromatic carbocycles. The number of rotatable bonds is 8. The Morgan fingerprint density at radius 1 is 0.964 bits per heavy atom. The Balaban J connectivity index is 1.95. The molecule has 6 nitrogen and oxygen atoms in total. The summed E-state index contributed by atoms with van der Waals surface area (Å²) in [6, 6.07) is 14.9. The van der Waals surface area contributed by atoms with Crippen LogP contribution >= 0.6 is 0 Å². The van der Waals surface area contributed by atoms with Gasteiger partial charge in [-0.15, -0.1) is 0 Å². The molecular weight excluding hydrogens is 354 g/mol. The van der Waals surface area contributed by atoms with Gasteiger partial charge in [0.1, 0.15) is 5.75 Å². The van der Waals surface area contributed by atoms with Crippen molar-refractivity contribution in [3.05, 3.63) is 48.5 Å². The van der Waals surface area contributed by atoms with E-state index in [0.29, 0.717) is 6.54 Å². The van der Waals surface area contributed by atoms with Crippen LogP contribution in [0.25, 0.3) is 0 Å². The second kappa shape index (κ2) is 9.78. The van der Waals surface area contributed by atoms with E-state index in [1.807, 2.05) is 81.4 Å². The number of amides is 2. The predicted molar refractivity (Wildman–Crippen MR) is 114 cm³/mol. The highest BCUT2D eigenvalue weighted by molar-refractivity contribution is 5.94. The van der Waals surface area contributed by atoms with Gasteiger partial charge in [-0.2, -0.15) is 0 Å². The first kappa shape index (κ1) is 21.3. The summed E-state index contributed by atoms with van der Waals surface area (Å²) in [7, 11) is 3.93. The van der Waals surface area contributed by atoms with Crippen molar-refractivity contribution in [1.82, 2.24) is 0 Å². The highest BCUT2D eigenvalue weighted by atomic mass is 16.5. The van der Waals surface area contributed by atoms with Gasteiger partial charge in [-0.3, -0.25) is 9.59 Å². The van der Waals surface area contributed by atoms with Crippen LogP contribution in [-0.4, -0.2) is 38.6 Å². The maximum Gasteiger partial charge on any atom is 0.226 e. The zero-order valence-electron chi connectivity index (χ0n) is 17.2. The molecule has 1 N–H and O–H groups in total. The van der Waals surface area contributed by atoms with Crippen LogP contribution in [0.1, 0.15) is 27.2 Å². The number of nitrogens with zero attached hydrogens (tertiary/aromatic N) is 2. The van der Waals surface area contributed by atoms with Gasteiger partial charge in [0.05, 0.1) is 6.10 Å². The summed E-state index contributed by atoms with van der Waals surface area (Å²) in [4.78, 5) is 27.9.